The Morgan fingerprint density at radius 2 is 2.00 bits per heavy atom. The summed E-state index contributed by atoms with van der Waals surface area (Å²) in [5, 5.41) is 0. The van der Waals surface area contributed by atoms with Gasteiger partial charge in [0.25, 0.3) is 0 Å². The van der Waals surface area contributed by atoms with Gasteiger partial charge in [-0.05, 0) is 30.7 Å². The van der Waals surface area contributed by atoms with Crippen molar-refractivity contribution < 1.29 is 0 Å². The Morgan fingerprint density at radius 3 is 2.71 bits per heavy atom. The molecule has 0 aromatic carbocycles. The largest absolute Gasteiger partial charge is 0.348 e. The minimum atomic E-state index is 1.07. The lowest BCUT2D eigenvalue weighted by molar-refractivity contribution is 0.689. The zero-order chi connectivity index (χ0) is 9.80. The molecule has 0 saturated heterocycles. The molecule has 2 nitrogen and oxygen atoms in total. The molecular formula is C12H14N2. The lowest BCUT2D eigenvalue weighted by Crippen LogP contribution is -1.96. The van der Waals surface area contributed by atoms with Crippen LogP contribution in [0.4, 0.5) is 0 Å². The second kappa shape index (κ2) is 4.09. The van der Waals surface area contributed by atoms with E-state index < -0.39 is 0 Å². The molecule has 72 valence electrons. The molecule has 0 aliphatic carbocycles. The van der Waals surface area contributed by atoms with Gasteiger partial charge in [-0.1, -0.05) is 6.92 Å². The maximum Gasteiger partial charge on any atom is 0.0481 e. The Hall–Kier alpha value is -1.57. The van der Waals surface area contributed by atoms with Crippen molar-refractivity contribution in [1.82, 2.24) is 9.55 Å². The number of nitrogens with zero attached hydrogens (tertiary/aromatic N) is 2. The van der Waals surface area contributed by atoms with Crippen molar-refractivity contribution in [3.05, 3.63) is 42.9 Å². The number of hydrogen-bond acceptors (Lipinski definition) is 1. The molecular weight excluding hydrogens is 172 g/mol. The van der Waals surface area contributed by atoms with E-state index in [1.165, 1.54) is 11.3 Å². The van der Waals surface area contributed by atoms with Gasteiger partial charge in [0.2, 0.25) is 0 Å². The van der Waals surface area contributed by atoms with Gasteiger partial charge in [-0.3, -0.25) is 4.98 Å². The highest BCUT2D eigenvalue weighted by molar-refractivity contribution is 5.59. The summed E-state index contributed by atoms with van der Waals surface area (Å²) < 4.78 is 2.27. The predicted molar refractivity (Wildman–Crippen MR) is 58.0 cm³/mol. The fraction of sp³-hybridized carbons (Fsp3) is 0.250. The molecule has 2 heterocycles. The molecule has 2 heteroatoms. The van der Waals surface area contributed by atoms with Crippen LogP contribution in [-0.4, -0.2) is 9.55 Å². The quantitative estimate of drug-likeness (QED) is 0.720. The number of rotatable bonds is 3. The number of aromatic nitrogens is 2. The Balaban J connectivity index is 2.37. The van der Waals surface area contributed by atoms with Gasteiger partial charge < -0.3 is 4.57 Å². The summed E-state index contributed by atoms with van der Waals surface area (Å²) in [6, 6.07) is 8.32. The van der Waals surface area contributed by atoms with Crippen molar-refractivity contribution in [3.63, 3.8) is 0 Å². The maximum atomic E-state index is 4.02. The van der Waals surface area contributed by atoms with Gasteiger partial charge in [-0.15, -0.1) is 0 Å². The van der Waals surface area contributed by atoms with Crippen LogP contribution in [0.15, 0.2) is 42.9 Å². The molecule has 0 bridgehead atoms. The topological polar surface area (TPSA) is 17.8 Å². The molecule has 0 atom stereocenters. The predicted octanol–water partition coefficient (Wildman–Crippen LogP) is 2.96. The van der Waals surface area contributed by atoms with Crippen LogP contribution in [0.5, 0.6) is 0 Å². The van der Waals surface area contributed by atoms with Crippen LogP contribution in [-0.2, 0) is 6.54 Å². The summed E-state index contributed by atoms with van der Waals surface area (Å²) >= 11 is 0. The van der Waals surface area contributed by atoms with Crippen molar-refractivity contribution >= 4 is 0 Å². The maximum absolute atomic E-state index is 4.02. The van der Waals surface area contributed by atoms with E-state index >= 15 is 0 Å². The first kappa shape index (κ1) is 9.00. The highest BCUT2D eigenvalue weighted by Crippen LogP contribution is 2.19. The third kappa shape index (κ3) is 1.69. The molecule has 0 spiro atoms. The van der Waals surface area contributed by atoms with Gasteiger partial charge in [0.1, 0.15) is 0 Å². The highest BCUT2D eigenvalue weighted by atomic mass is 15.0. The van der Waals surface area contributed by atoms with Crippen LogP contribution in [0, 0.1) is 0 Å². The molecule has 0 unspecified atom stereocenters. The molecule has 0 N–H and O–H groups in total. The van der Waals surface area contributed by atoms with Gasteiger partial charge in [0.05, 0.1) is 0 Å². The molecule has 0 amide bonds. The van der Waals surface area contributed by atoms with Crippen LogP contribution in [0.1, 0.15) is 13.3 Å². The average Bonchev–Trinajstić information content (AvgIpc) is 2.68. The van der Waals surface area contributed by atoms with Crippen LogP contribution < -0.4 is 0 Å². The fourth-order valence-electron chi connectivity index (χ4n) is 1.63. The van der Waals surface area contributed by atoms with E-state index in [9.17, 15) is 0 Å². The second-order valence-corrected chi connectivity index (χ2v) is 3.32. The zero-order valence-electron chi connectivity index (χ0n) is 8.35. The fourth-order valence-corrected chi connectivity index (χ4v) is 1.63. The Bertz CT molecular complexity index is 390. The first-order valence-electron chi connectivity index (χ1n) is 4.97. The Labute approximate surface area is 84.2 Å². The standard InChI is InChI=1S/C12H14N2/c1-2-9-14-10-3-4-12(14)11-5-7-13-8-6-11/h3-8,10H,2,9H2,1H3. The normalized spacial score (nSPS) is 10.4. The second-order valence-electron chi connectivity index (χ2n) is 3.32. The van der Waals surface area contributed by atoms with Gasteiger partial charge in [0.15, 0.2) is 0 Å². The first-order valence-corrected chi connectivity index (χ1v) is 4.97. The summed E-state index contributed by atoms with van der Waals surface area (Å²) in [4.78, 5) is 4.02. The summed E-state index contributed by atoms with van der Waals surface area (Å²) in [5.41, 5.74) is 2.51. The highest BCUT2D eigenvalue weighted by Gasteiger charge is 2.01. The Morgan fingerprint density at radius 1 is 1.21 bits per heavy atom. The number of pyridine rings is 1. The van der Waals surface area contributed by atoms with Gasteiger partial charge in [-0.25, -0.2) is 0 Å². The van der Waals surface area contributed by atoms with E-state index in [2.05, 4.69) is 34.8 Å². The Kier molecular flexibility index (Phi) is 2.63. The molecule has 0 aliphatic rings. The SMILES string of the molecule is CCCn1cccc1-c1ccncc1. The molecule has 0 radical (unpaired) electrons. The van der Waals surface area contributed by atoms with Crippen molar-refractivity contribution in [1.29, 1.82) is 0 Å². The van der Waals surface area contributed by atoms with Crippen LogP contribution in [0.25, 0.3) is 11.3 Å². The molecule has 0 aliphatic heterocycles. The molecule has 2 aromatic heterocycles. The summed E-state index contributed by atoms with van der Waals surface area (Å²) in [6.45, 7) is 3.26. The third-order valence-corrected chi connectivity index (χ3v) is 2.27. The summed E-state index contributed by atoms with van der Waals surface area (Å²) in [6.07, 6.45) is 6.95. The average molecular weight is 186 g/mol. The van der Waals surface area contributed by atoms with Crippen LogP contribution >= 0.6 is 0 Å². The van der Waals surface area contributed by atoms with E-state index in [4.69, 9.17) is 0 Å². The van der Waals surface area contributed by atoms with Gasteiger partial charge in [0, 0.05) is 36.4 Å². The molecule has 0 fully saturated rings. The minimum Gasteiger partial charge on any atom is -0.348 e. The summed E-state index contributed by atoms with van der Waals surface area (Å²) in [5.74, 6) is 0. The van der Waals surface area contributed by atoms with E-state index in [0.717, 1.165) is 13.0 Å². The number of hydrogen-bond donors (Lipinski definition) is 0. The minimum absolute atomic E-state index is 1.07. The monoisotopic (exact) mass is 186 g/mol. The first-order chi connectivity index (χ1) is 6.92. The molecule has 2 rings (SSSR count). The lowest BCUT2D eigenvalue weighted by atomic mass is 10.2. The van der Waals surface area contributed by atoms with Crippen molar-refractivity contribution in [2.24, 2.45) is 0 Å². The number of aryl methyl sites for hydroxylation is 1. The molecule has 14 heavy (non-hydrogen) atoms. The van der Waals surface area contributed by atoms with Crippen LogP contribution in [0.3, 0.4) is 0 Å². The van der Waals surface area contributed by atoms with Crippen molar-refractivity contribution in [3.8, 4) is 11.3 Å². The summed E-state index contributed by atoms with van der Waals surface area (Å²) in [7, 11) is 0. The van der Waals surface area contributed by atoms with Crippen LogP contribution in [0.2, 0.25) is 0 Å². The zero-order valence-corrected chi connectivity index (χ0v) is 8.35. The lowest BCUT2D eigenvalue weighted by Gasteiger charge is -2.07. The van der Waals surface area contributed by atoms with Crippen molar-refractivity contribution in [2.45, 2.75) is 19.9 Å². The third-order valence-electron chi connectivity index (χ3n) is 2.27. The van der Waals surface area contributed by atoms with E-state index in [1.54, 1.807) is 0 Å². The smallest absolute Gasteiger partial charge is 0.0481 e. The van der Waals surface area contributed by atoms with Gasteiger partial charge in [-0.2, -0.15) is 0 Å². The molecule has 0 saturated carbocycles. The van der Waals surface area contributed by atoms with E-state index in [0.29, 0.717) is 0 Å². The van der Waals surface area contributed by atoms with E-state index in [1.807, 2.05) is 24.5 Å². The molecule has 2 aromatic rings. The van der Waals surface area contributed by atoms with E-state index in [-0.39, 0.29) is 0 Å². The van der Waals surface area contributed by atoms with Gasteiger partial charge >= 0.3 is 0 Å². The van der Waals surface area contributed by atoms with Crippen molar-refractivity contribution in [2.75, 3.05) is 0 Å².